The zero-order valence-corrected chi connectivity index (χ0v) is 35.0. The van der Waals surface area contributed by atoms with Gasteiger partial charge in [-0.2, -0.15) is 0 Å². The Morgan fingerprint density at radius 1 is 0.655 bits per heavy atom. The third-order valence-corrected chi connectivity index (χ3v) is 11.9. The van der Waals surface area contributed by atoms with Gasteiger partial charge in [0.05, 0.1) is 24.9 Å². The second kappa shape index (κ2) is 16.0. The fraction of sp³-hybridized carbons (Fsp3) is 0.102. The molecule has 0 amide bonds. The fourth-order valence-corrected chi connectivity index (χ4v) is 8.12. The van der Waals surface area contributed by atoms with E-state index >= 15 is 0 Å². The van der Waals surface area contributed by atoms with Crippen molar-refractivity contribution < 1.29 is 24.5 Å². The van der Waals surface area contributed by atoms with Crippen LogP contribution in [0, 0.1) is 26.2 Å². The summed E-state index contributed by atoms with van der Waals surface area (Å²) >= 11 is 0. The molecule has 3 heterocycles. The SMILES string of the molecule is C[Si](C)(C)c1ccc(-c2[c-]cccc2)nc1.Cc1cc(-n2c(-c3[c-]oc4ccc(-c5ccccc5)cc34)nc3ccccc32)cc(C)c1-c1ccccc1.[Ir]. The second-order valence-corrected chi connectivity index (χ2v) is 19.8. The number of pyridine rings is 1. The molecule has 0 saturated carbocycles. The van der Waals surface area contributed by atoms with Crippen molar-refractivity contribution in [1.29, 1.82) is 0 Å². The first kappa shape index (κ1) is 37.7. The summed E-state index contributed by atoms with van der Waals surface area (Å²) in [6.07, 6.45) is 5.20. The quantitative estimate of drug-likeness (QED) is 0.123. The van der Waals surface area contributed by atoms with Crippen LogP contribution in [0.5, 0.6) is 0 Å². The van der Waals surface area contributed by atoms with Crippen LogP contribution >= 0.6 is 0 Å². The number of imidazole rings is 1. The molecule has 0 atom stereocenters. The molecule has 4 nitrogen and oxygen atoms in total. The molecule has 0 N–H and O–H groups in total. The average molecular weight is 908 g/mol. The Morgan fingerprint density at radius 2 is 1.33 bits per heavy atom. The largest absolute Gasteiger partial charge is 0.557 e. The molecule has 273 valence electrons. The zero-order chi connectivity index (χ0) is 37.2. The number of furan rings is 1. The number of aryl methyl sites for hydroxylation is 2. The van der Waals surface area contributed by atoms with E-state index in [1.165, 1.54) is 27.4 Å². The van der Waals surface area contributed by atoms with Crippen LogP contribution in [0.3, 0.4) is 0 Å². The molecule has 0 aliphatic heterocycles. The van der Waals surface area contributed by atoms with Gasteiger partial charge in [0.2, 0.25) is 0 Å². The van der Waals surface area contributed by atoms with Gasteiger partial charge in [-0.25, -0.2) is 0 Å². The van der Waals surface area contributed by atoms with Crippen LogP contribution in [0.25, 0.3) is 72.6 Å². The summed E-state index contributed by atoms with van der Waals surface area (Å²) in [5.41, 5.74) is 14.0. The van der Waals surface area contributed by atoms with Gasteiger partial charge in [-0.1, -0.05) is 134 Å². The predicted octanol–water partition coefficient (Wildman–Crippen LogP) is 12.3. The molecule has 0 aliphatic rings. The van der Waals surface area contributed by atoms with Crippen molar-refractivity contribution in [2.45, 2.75) is 33.5 Å². The molecule has 0 unspecified atom stereocenters. The number of nitrogens with zero attached hydrogens (tertiary/aromatic N) is 3. The van der Waals surface area contributed by atoms with E-state index in [-0.39, 0.29) is 20.1 Å². The molecular formula is C49H41IrN3OSi-2. The molecular weight excluding hydrogens is 867 g/mol. The summed E-state index contributed by atoms with van der Waals surface area (Å²) in [5.74, 6) is 0.821. The van der Waals surface area contributed by atoms with Crippen LogP contribution < -0.4 is 5.19 Å². The summed E-state index contributed by atoms with van der Waals surface area (Å²) in [6.45, 7) is 11.4. The topological polar surface area (TPSA) is 43.9 Å². The average Bonchev–Trinajstić information content (AvgIpc) is 3.80. The van der Waals surface area contributed by atoms with Gasteiger partial charge in [0.25, 0.3) is 0 Å². The van der Waals surface area contributed by atoms with Crippen molar-refractivity contribution in [3.8, 4) is 50.6 Å². The summed E-state index contributed by atoms with van der Waals surface area (Å²) in [7, 11) is -1.23. The minimum absolute atomic E-state index is 0. The molecule has 3 aromatic heterocycles. The van der Waals surface area contributed by atoms with Gasteiger partial charge in [-0.05, 0) is 82.4 Å². The van der Waals surface area contributed by atoms with Crippen molar-refractivity contribution in [3.63, 3.8) is 0 Å². The first-order valence-electron chi connectivity index (χ1n) is 18.3. The summed E-state index contributed by atoms with van der Waals surface area (Å²) in [6, 6.07) is 55.5. The third-order valence-electron chi connectivity index (χ3n) is 9.86. The van der Waals surface area contributed by atoms with Crippen LogP contribution in [-0.4, -0.2) is 22.6 Å². The standard InChI is InChI=1S/C35H25N2O.C14H16NSi.Ir/c1-23-19-28(20-24(2)34(23)26-13-7-4-8-14-26)37-32-16-10-9-15-31(32)36-35(37)30-22-38-33-18-17-27(21-29(30)33)25-11-5-3-6-12-25;1-16(2,3)13-9-10-14(15-11-13)12-7-5-4-6-8-12;/h3-21H,1-2H3;4-7,9-11H,1-3H3;/q2*-1;. The number of benzene rings is 6. The molecule has 9 aromatic rings. The minimum Gasteiger partial charge on any atom is -0.557 e. The number of fused-ring (bicyclic) bond motifs is 2. The first-order chi connectivity index (χ1) is 26.2. The van der Waals surface area contributed by atoms with Gasteiger partial charge in [0, 0.05) is 43.8 Å². The maximum atomic E-state index is 5.93. The molecule has 0 bridgehead atoms. The van der Waals surface area contributed by atoms with Gasteiger partial charge < -0.3 is 14.0 Å². The molecule has 55 heavy (non-hydrogen) atoms. The molecule has 6 aromatic carbocycles. The summed E-state index contributed by atoms with van der Waals surface area (Å²) < 4.78 is 8.16. The Bertz CT molecular complexity index is 2670. The molecule has 0 spiro atoms. The van der Waals surface area contributed by atoms with Gasteiger partial charge >= 0.3 is 0 Å². The maximum absolute atomic E-state index is 5.93. The Morgan fingerprint density at radius 3 is 1.98 bits per heavy atom. The Labute approximate surface area is 337 Å². The van der Waals surface area contributed by atoms with Crippen LogP contribution in [-0.2, 0) is 20.1 Å². The van der Waals surface area contributed by atoms with Crippen LogP contribution in [0.15, 0.2) is 162 Å². The van der Waals surface area contributed by atoms with Crippen LogP contribution in [0.2, 0.25) is 19.6 Å². The van der Waals surface area contributed by atoms with Gasteiger partial charge in [0.15, 0.2) is 0 Å². The van der Waals surface area contributed by atoms with E-state index in [0.717, 1.165) is 61.5 Å². The van der Waals surface area contributed by atoms with Crippen LogP contribution in [0.1, 0.15) is 11.1 Å². The summed E-state index contributed by atoms with van der Waals surface area (Å²) in [5, 5.41) is 2.39. The minimum atomic E-state index is -1.23. The maximum Gasteiger partial charge on any atom is 0.0795 e. The van der Waals surface area contributed by atoms with Crippen molar-refractivity contribution >= 4 is 35.3 Å². The van der Waals surface area contributed by atoms with E-state index < -0.39 is 8.07 Å². The van der Waals surface area contributed by atoms with E-state index in [4.69, 9.17) is 9.40 Å². The van der Waals surface area contributed by atoms with Crippen LogP contribution in [0.4, 0.5) is 0 Å². The van der Waals surface area contributed by atoms with Gasteiger partial charge in [0.1, 0.15) is 0 Å². The normalized spacial score (nSPS) is 11.2. The predicted molar refractivity (Wildman–Crippen MR) is 227 cm³/mol. The number of hydrogen-bond donors (Lipinski definition) is 0. The fourth-order valence-electron chi connectivity index (χ4n) is 7.09. The van der Waals surface area contributed by atoms with E-state index in [1.54, 1.807) is 0 Å². The Hall–Kier alpha value is -5.65. The first-order valence-corrected chi connectivity index (χ1v) is 21.8. The van der Waals surface area contributed by atoms with Crippen molar-refractivity contribution in [2.24, 2.45) is 0 Å². The number of para-hydroxylation sites is 2. The number of aromatic nitrogens is 3. The molecule has 0 aliphatic carbocycles. The molecule has 1 radical (unpaired) electrons. The summed E-state index contributed by atoms with van der Waals surface area (Å²) in [4.78, 5) is 9.61. The molecule has 6 heteroatoms. The van der Waals surface area contributed by atoms with Crippen molar-refractivity contribution in [1.82, 2.24) is 14.5 Å². The molecule has 9 rings (SSSR count). The van der Waals surface area contributed by atoms with E-state index in [1.807, 2.05) is 48.7 Å². The monoisotopic (exact) mass is 908 g/mol. The zero-order valence-electron chi connectivity index (χ0n) is 31.6. The second-order valence-electron chi connectivity index (χ2n) is 14.7. The van der Waals surface area contributed by atoms with Crippen molar-refractivity contribution in [3.05, 3.63) is 181 Å². The molecule has 0 saturated heterocycles. The third kappa shape index (κ3) is 7.81. The van der Waals surface area contributed by atoms with E-state index in [0.29, 0.717) is 0 Å². The number of rotatable bonds is 6. The van der Waals surface area contributed by atoms with Crippen molar-refractivity contribution in [2.75, 3.05) is 0 Å². The smallest absolute Gasteiger partial charge is 0.0795 e. The van der Waals surface area contributed by atoms with Gasteiger partial charge in [-0.15, -0.1) is 35.9 Å². The van der Waals surface area contributed by atoms with Gasteiger partial charge in [-0.3, -0.25) is 4.98 Å². The molecule has 0 fully saturated rings. The van der Waals surface area contributed by atoms with E-state index in [2.05, 4.69) is 165 Å². The number of hydrogen-bond acceptors (Lipinski definition) is 3. The Balaban J connectivity index is 0.000000231. The Kier molecular flexibility index (Phi) is 10.9. The van der Waals surface area contributed by atoms with E-state index in [9.17, 15) is 0 Å².